The van der Waals surface area contributed by atoms with E-state index in [9.17, 15) is 5.11 Å². The molecular weight excluding hydrogens is 339 g/mol. The average molecular weight is 381 g/mol. The van der Waals surface area contributed by atoms with Crippen LogP contribution in [0.5, 0.6) is 0 Å². The highest BCUT2D eigenvalue weighted by Crippen LogP contribution is 2.25. The highest BCUT2D eigenvalue weighted by atomic mass is 31.2. The van der Waals surface area contributed by atoms with Gasteiger partial charge in [-0.3, -0.25) is 0 Å². The number of unbranched alkanes of at least 4 members (excludes halogenated alkanes) is 12. The van der Waals surface area contributed by atoms with Gasteiger partial charge in [0.1, 0.15) is 5.72 Å². The van der Waals surface area contributed by atoms with Crippen LogP contribution in [-0.2, 0) is 4.52 Å². The van der Waals surface area contributed by atoms with Crippen molar-refractivity contribution in [2.45, 2.75) is 109 Å². The van der Waals surface area contributed by atoms with Crippen LogP contribution in [0.4, 0.5) is 0 Å². The van der Waals surface area contributed by atoms with Crippen LogP contribution in [0, 0.1) is 0 Å². The monoisotopic (exact) mass is 380 g/mol. The van der Waals surface area contributed by atoms with E-state index in [0.29, 0.717) is 6.42 Å². The lowest BCUT2D eigenvalue weighted by Gasteiger charge is -2.29. The summed E-state index contributed by atoms with van der Waals surface area (Å²) in [7, 11) is -2.46. The molecule has 0 spiro atoms. The Morgan fingerprint density at radius 1 is 0.840 bits per heavy atom. The molecule has 2 atom stereocenters. The molecule has 0 fully saturated rings. The predicted molar refractivity (Wildman–Crippen MR) is 105 cm³/mol. The van der Waals surface area contributed by atoms with Crippen LogP contribution in [-0.4, -0.2) is 33.3 Å². The maximum absolute atomic E-state index is 10.1. The van der Waals surface area contributed by atoms with Crippen LogP contribution in [0.3, 0.4) is 0 Å². The van der Waals surface area contributed by atoms with Gasteiger partial charge in [0.15, 0.2) is 0 Å². The molecule has 0 aliphatic heterocycles. The molecule has 1 unspecified atom stereocenters. The topological polar surface area (TPSA) is 122 Å². The molecule has 7 heteroatoms. The largest absolute Gasteiger partial charge is 0.374 e. The van der Waals surface area contributed by atoms with E-state index in [1.54, 1.807) is 0 Å². The molecule has 0 saturated heterocycles. The fourth-order valence-corrected chi connectivity index (χ4v) is 3.20. The average Bonchev–Trinajstić information content (AvgIpc) is 2.56. The summed E-state index contributed by atoms with van der Waals surface area (Å²) in [6, 6.07) is -0.825. The van der Waals surface area contributed by atoms with E-state index in [4.69, 9.17) is 21.3 Å². The van der Waals surface area contributed by atoms with Crippen molar-refractivity contribution in [1.82, 2.24) is 0 Å². The zero-order valence-corrected chi connectivity index (χ0v) is 16.9. The molecule has 0 radical (unpaired) electrons. The van der Waals surface area contributed by atoms with Gasteiger partial charge in [-0.15, -0.1) is 0 Å². The standard InChI is InChI=1S/C18H41N2O4P/c1-2-3-4-5-6-7-8-9-10-11-12-13-14-15-18(20,21)17(19)16-24-25(22)23/h17,21-23H,2-16,19-20H2,1H3/t17?,18-/m1/s1. The molecule has 0 saturated carbocycles. The van der Waals surface area contributed by atoms with Gasteiger partial charge in [-0.05, 0) is 12.8 Å². The Kier molecular flexibility index (Phi) is 16.5. The molecule has 6 nitrogen and oxygen atoms in total. The van der Waals surface area contributed by atoms with Gasteiger partial charge in [-0.2, -0.15) is 0 Å². The smallest absolute Gasteiger partial charge is 0.327 e. The maximum atomic E-state index is 10.1. The highest BCUT2D eigenvalue weighted by Gasteiger charge is 2.29. The number of nitrogens with two attached hydrogens (primary N) is 2. The quantitative estimate of drug-likeness (QED) is 0.140. The zero-order valence-electron chi connectivity index (χ0n) is 16.0. The van der Waals surface area contributed by atoms with Crippen molar-refractivity contribution in [3.8, 4) is 0 Å². The fraction of sp³-hybridized carbons (Fsp3) is 1.00. The second kappa shape index (κ2) is 16.4. The van der Waals surface area contributed by atoms with E-state index in [-0.39, 0.29) is 6.61 Å². The molecule has 0 aromatic heterocycles. The molecule has 0 aromatic rings. The minimum atomic E-state index is -2.46. The first-order valence-corrected chi connectivity index (χ1v) is 11.1. The van der Waals surface area contributed by atoms with Gasteiger partial charge in [0.2, 0.25) is 0 Å². The van der Waals surface area contributed by atoms with E-state index in [0.717, 1.165) is 19.3 Å². The van der Waals surface area contributed by atoms with Crippen molar-refractivity contribution in [2.75, 3.05) is 6.61 Å². The van der Waals surface area contributed by atoms with Crippen molar-refractivity contribution in [3.05, 3.63) is 0 Å². The lowest BCUT2D eigenvalue weighted by atomic mass is 9.98. The molecule has 7 N–H and O–H groups in total. The van der Waals surface area contributed by atoms with E-state index >= 15 is 0 Å². The van der Waals surface area contributed by atoms with Crippen molar-refractivity contribution in [1.29, 1.82) is 0 Å². The van der Waals surface area contributed by atoms with Gasteiger partial charge in [-0.1, -0.05) is 84.0 Å². The van der Waals surface area contributed by atoms with Gasteiger partial charge in [0.05, 0.1) is 12.6 Å². The van der Waals surface area contributed by atoms with Crippen LogP contribution in [0.2, 0.25) is 0 Å². The van der Waals surface area contributed by atoms with E-state index in [2.05, 4.69) is 11.4 Å². The third-order valence-electron chi connectivity index (χ3n) is 4.69. The Morgan fingerprint density at radius 3 is 1.64 bits per heavy atom. The summed E-state index contributed by atoms with van der Waals surface area (Å²) in [5.41, 5.74) is 9.99. The normalized spacial score (nSPS) is 15.5. The van der Waals surface area contributed by atoms with E-state index in [1.807, 2.05) is 0 Å². The van der Waals surface area contributed by atoms with Crippen LogP contribution in [0.15, 0.2) is 0 Å². The SMILES string of the molecule is CCCCCCCCCCCCCCC[C@@](N)(O)C(N)COP(O)O. The summed E-state index contributed by atoms with van der Waals surface area (Å²) in [5.74, 6) is 0. The van der Waals surface area contributed by atoms with Gasteiger partial charge in [0, 0.05) is 0 Å². The second-order valence-electron chi connectivity index (χ2n) is 7.14. The Labute approximate surface area is 155 Å². The van der Waals surface area contributed by atoms with Crippen molar-refractivity contribution in [3.63, 3.8) is 0 Å². The molecule has 152 valence electrons. The molecular formula is C18H41N2O4P. The molecule has 0 amide bonds. The van der Waals surface area contributed by atoms with Gasteiger partial charge in [-0.25, -0.2) is 0 Å². The Hall–Kier alpha value is 0.190. The second-order valence-corrected chi connectivity index (χ2v) is 7.90. The van der Waals surface area contributed by atoms with Crippen molar-refractivity contribution in [2.24, 2.45) is 11.5 Å². The maximum Gasteiger partial charge on any atom is 0.327 e. The molecule has 0 bridgehead atoms. The number of hydrogen-bond acceptors (Lipinski definition) is 6. The third kappa shape index (κ3) is 16.1. The number of hydrogen-bond donors (Lipinski definition) is 5. The summed E-state index contributed by atoms with van der Waals surface area (Å²) in [6.45, 7) is 2.09. The summed E-state index contributed by atoms with van der Waals surface area (Å²) < 4.78 is 4.62. The number of rotatable bonds is 18. The van der Waals surface area contributed by atoms with Gasteiger partial charge >= 0.3 is 8.60 Å². The van der Waals surface area contributed by atoms with Crippen LogP contribution in [0.25, 0.3) is 0 Å². The summed E-state index contributed by atoms with van der Waals surface area (Å²) >= 11 is 0. The Bertz CT molecular complexity index is 294. The summed E-state index contributed by atoms with van der Waals surface area (Å²) in [6.07, 6.45) is 16.8. The lowest BCUT2D eigenvalue weighted by Crippen LogP contribution is -2.57. The summed E-state index contributed by atoms with van der Waals surface area (Å²) in [4.78, 5) is 17.4. The van der Waals surface area contributed by atoms with Crippen LogP contribution < -0.4 is 11.5 Å². The highest BCUT2D eigenvalue weighted by molar-refractivity contribution is 7.39. The predicted octanol–water partition coefficient (Wildman–Crippen LogP) is 3.67. The van der Waals surface area contributed by atoms with Crippen molar-refractivity contribution < 1.29 is 19.4 Å². The molecule has 0 aromatic carbocycles. The summed E-state index contributed by atoms with van der Waals surface area (Å²) in [5, 5.41) is 10.1. The third-order valence-corrected chi connectivity index (χ3v) is 5.07. The lowest BCUT2D eigenvalue weighted by molar-refractivity contribution is -0.00540. The van der Waals surface area contributed by atoms with Gasteiger partial charge in [0.25, 0.3) is 0 Å². The number of aliphatic hydroxyl groups is 1. The molecule has 0 aliphatic carbocycles. The minimum absolute atomic E-state index is 0.163. The molecule has 0 rings (SSSR count). The zero-order chi connectivity index (χ0) is 19.0. The van der Waals surface area contributed by atoms with E-state index in [1.165, 1.54) is 64.2 Å². The van der Waals surface area contributed by atoms with Crippen LogP contribution in [0.1, 0.15) is 96.8 Å². The Morgan fingerprint density at radius 2 is 1.24 bits per heavy atom. The van der Waals surface area contributed by atoms with Crippen LogP contribution >= 0.6 is 8.60 Å². The molecule has 25 heavy (non-hydrogen) atoms. The first-order valence-electron chi connectivity index (χ1n) is 9.97. The minimum Gasteiger partial charge on any atom is -0.374 e. The van der Waals surface area contributed by atoms with Gasteiger partial charge < -0.3 is 30.9 Å². The van der Waals surface area contributed by atoms with Crippen molar-refractivity contribution >= 4 is 8.60 Å². The first-order chi connectivity index (χ1) is 11.9. The Balaban J connectivity index is 3.42. The molecule has 0 heterocycles. The fourth-order valence-electron chi connectivity index (χ4n) is 2.90. The first kappa shape index (κ1) is 25.2. The molecule has 0 aliphatic rings. The van der Waals surface area contributed by atoms with E-state index < -0.39 is 20.4 Å².